The van der Waals surface area contributed by atoms with E-state index in [0.29, 0.717) is 11.2 Å². The van der Waals surface area contributed by atoms with Crippen LogP contribution >= 0.6 is 0 Å². The second-order valence-corrected chi connectivity index (χ2v) is 2.48. The summed E-state index contributed by atoms with van der Waals surface area (Å²) >= 11 is 0. The number of aromatic amines is 1. The molecule has 0 amide bonds. The zero-order valence-corrected chi connectivity index (χ0v) is 6.40. The smallest absolute Gasteiger partial charge is 0.278 e. The zero-order chi connectivity index (χ0) is 8.72. The molecule has 2 heterocycles. The van der Waals surface area contributed by atoms with E-state index in [4.69, 9.17) is 5.73 Å². The van der Waals surface area contributed by atoms with Crippen LogP contribution in [0.15, 0.2) is 11.1 Å². The molecule has 6 nitrogen and oxygen atoms in total. The average molecular weight is 169 g/mol. The highest BCUT2D eigenvalue weighted by atomic mass is 16.2. The maximum absolute atomic E-state index is 11.2. The molecule has 0 aliphatic heterocycles. The summed E-state index contributed by atoms with van der Waals surface area (Å²) in [5.41, 5.74) is 5.86. The first kappa shape index (κ1) is 6.84. The minimum absolute atomic E-state index is 0.0891. The van der Waals surface area contributed by atoms with E-state index >= 15 is 0 Å². The standard InChI is InChI=1S/C6H7N5O/c1-11-2-8-4-3(11)5(12)10-6(7)9-4/h2H,1H3,(H3,7,9,10,12)/i3+1,4+1,5+1,6+1. The number of nitrogens with zero attached hydrogens (tertiary/aromatic N) is 3. The lowest BCUT2D eigenvalue weighted by molar-refractivity contribution is 0.939. The molecule has 0 fully saturated rings. The van der Waals surface area contributed by atoms with Crippen LogP contribution in [0.3, 0.4) is 0 Å². The van der Waals surface area contributed by atoms with E-state index in [1.54, 1.807) is 11.6 Å². The van der Waals surface area contributed by atoms with Gasteiger partial charge in [-0.15, -0.1) is 0 Å². The highest BCUT2D eigenvalue weighted by Crippen LogP contribution is 2.02. The fourth-order valence-electron chi connectivity index (χ4n) is 1.08. The maximum atomic E-state index is 11.2. The molecule has 6 heteroatoms. The summed E-state index contributed by atoms with van der Waals surface area (Å²) in [7, 11) is 1.72. The van der Waals surface area contributed by atoms with E-state index in [0.717, 1.165) is 0 Å². The fourth-order valence-corrected chi connectivity index (χ4v) is 1.08. The van der Waals surface area contributed by atoms with Crippen LogP contribution in [-0.4, -0.2) is 19.5 Å². The van der Waals surface area contributed by atoms with Gasteiger partial charge < -0.3 is 10.3 Å². The van der Waals surface area contributed by atoms with Gasteiger partial charge in [0.1, 0.15) is 0 Å². The molecule has 12 heavy (non-hydrogen) atoms. The molecule has 2 rings (SSSR count). The number of nitrogens with two attached hydrogens (primary N) is 1. The Hall–Kier alpha value is -1.85. The SMILES string of the molecule is Cn1cn[13c]2n[13c](N)[nH][13c](=O)[13c]21. The van der Waals surface area contributed by atoms with Crippen molar-refractivity contribution < 1.29 is 0 Å². The third-order valence-corrected chi connectivity index (χ3v) is 1.60. The number of fused-ring (bicyclic) bond motifs is 1. The van der Waals surface area contributed by atoms with Crippen molar-refractivity contribution in [2.75, 3.05) is 5.73 Å². The number of hydrogen-bond donors (Lipinski definition) is 2. The Morgan fingerprint density at radius 3 is 3.17 bits per heavy atom. The van der Waals surface area contributed by atoms with Gasteiger partial charge in [0.05, 0.1) is 6.33 Å². The second-order valence-electron chi connectivity index (χ2n) is 2.48. The molecule has 0 spiro atoms. The van der Waals surface area contributed by atoms with Crippen LogP contribution in [0.25, 0.3) is 11.2 Å². The Kier molecular flexibility index (Phi) is 1.18. The monoisotopic (exact) mass is 169 g/mol. The Balaban J connectivity index is 3.03. The van der Waals surface area contributed by atoms with Crippen LogP contribution in [-0.2, 0) is 7.05 Å². The van der Waals surface area contributed by atoms with Crippen molar-refractivity contribution in [3.8, 4) is 0 Å². The lowest BCUT2D eigenvalue weighted by Gasteiger charge is -1.93. The molecule has 2 aromatic heterocycles. The summed E-state index contributed by atoms with van der Waals surface area (Å²) in [4.78, 5) is 21.4. The lowest BCUT2D eigenvalue weighted by Crippen LogP contribution is -2.13. The zero-order valence-electron chi connectivity index (χ0n) is 6.40. The van der Waals surface area contributed by atoms with Gasteiger partial charge in [0.2, 0.25) is 5.95 Å². The molecule has 0 unspecified atom stereocenters. The highest BCUT2D eigenvalue weighted by molar-refractivity contribution is 5.70. The number of aromatic nitrogens is 4. The number of nitrogen functional groups attached to an aromatic ring is 1. The second kappa shape index (κ2) is 2.07. The van der Waals surface area contributed by atoms with E-state index in [9.17, 15) is 4.79 Å². The molecule has 0 aromatic carbocycles. The van der Waals surface area contributed by atoms with Gasteiger partial charge >= 0.3 is 0 Å². The van der Waals surface area contributed by atoms with Crippen LogP contribution < -0.4 is 11.3 Å². The van der Waals surface area contributed by atoms with Crippen molar-refractivity contribution in [1.82, 2.24) is 19.5 Å². The molecule has 3 N–H and O–H groups in total. The number of H-pyrrole nitrogens is 1. The molecule has 62 valence electrons. The molecule has 0 saturated heterocycles. The predicted molar refractivity (Wildman–Crippen MR) is 43.5 cm³/mol. The summed E-state index contributed by atoms with van der Waals surface area (Å²) in [5, 5.41) is 0. The number of imidazole rings is 1. The van der Waals surface area contributed by atoms with Crippen molar-refractivity contribution in [2.45, 2.75) is 0 Å². The molecule has 0 radical (unpaired) electrons. The minimum Gasteiger partial charge on any atom is -0.369 e. The first-order valence-electron chi connectivity index (χ1n) is 3.35. The lowest BCUT2D eigenvalue weighted by atomic mass is 11.2. The van der Waals surface area contributed by atoms with Crippen molar-refractivity contribution in [2.24, 2.45) is 7.05 Å². The van der Waals surface area contributed by atoms with Crippen LogP contribution in [0.2, 0.25) is 0 Å². The van der Waals surface area contributed by atoms with E-state index in [1.807, 2.05) is 0 Å². The average Bonchev–Trinajstić information content (AvgIpc) is 2.31. The molecule has 0 aliphatic rings. The van der Waals surface area contributed by atoms with Crippen molar-refractivity contribution >= 4 is 17.1 Å². The predicted octanol–water partition coefficient (Wildman–Crippen LogP) is -0.761. The van der Waals surface area contributed by atoms with Gasteiger partial charge in [-0.2, -0.15) is 4.98 Å². The van der Waals surface area contributed by atoms with Crippen molar-refractivity contribution in [3.05, 3.63) is 16.7 Å². The number of anilines is 1. The summed E-state index contributed by atoms with van der Waals surface area (Å²) < 4.78 is 1.60. The van der Waals surface area contributed by atoms with Crippen LogP contribution in [0.1, 0.15) is 0 Å². The molecule has 0 bridgehead atoms. The summed E-state index contributed by atoms with van der Waals surface area (Å²) in [6.45, 7) is 0. The Morgan fingerprint density at radius 1 is 1.67 bits per heavy atom. The van der Waals surface area contributed by atoms with Gasteiger partial charge in [0, 0.05) is 7.05 Å². The van der Waals surface area contributed by atoms with Gasteiger partial charge in [-0.3, -0.25) is 9.78 Å². The Bertz CT molecular complexity index is 482. The van der Waals surface area contributed by atoms with Crippen molar-refractivity contribution in [3.63, 3.8) is 0 Å². The summed E-state index contributed by atoms with van der Waals surface area (Å²) in [6, 6.07) is 0. The van der Waals surface area contributed by atoms with Crippen LogP contribution in [0.4, 0.5) is 5.95 Å². The first-order valence-corrected chi connectivity index (χ1v) is 3.35. The fraction of sp³-hybridized carbons (Fsp3) is 0.167. The van der Waals surface area contributed by atoms with Gasteiger partial charge in [-0.25, -0.2) is 4.98 Å². The Labute approximate surface area is 67.1 Å². The van der Waals surface area contributed by atoms with E-state index in [-0.39, 0.29) is 11.5 Å². The number of nitrogens with one attached hydrogen (secondary N) is 1. The van der Waals surface area contributed by atoms with Crippen LogP contribution in [0, 0.1) is 0 Å². The van der Waals surface area contributed by atoms with Gasteiger partial charge in [0.15, 0.2) is 11.2 Å². The number of aryl methyl sites for hydroxylation is 1. The normalized spacial score (nSPS) is 10.8. The van der Waals surface area contributed by atoms with Gasteiger partial charge in [0.25, 0.3) is 5.56 Å². The van der Waals surface area contributed by atoms with E-state index < -0.39 is 0 Å². The third kappa shape index (κ3) is 0.777. The molecule has 2 aromatic rings. The third-order valence-electron chi connectivity index (χ3n) is 1.60. The molecule has 0 saturated carbocycles. The van der Waals surface area contributed by atoms with Crippen LogP contribution in [0.5, 0.6) is 0 Å². The largest absolute Gasteiger partial charge is 0.369 e. The van der Waals surface area contributed by atoms with Crippen molar-refractivity contribution in [1.29, 1.82) is 0 Å². The number of rotatable bonds is 0. The minimum atomic E-state index is -0.266. The van der Waals surface area contributed by atoms with Gasteiger partial charge in [-0.05, 0) is 0 Å². The van der Waals surface area contributed by atoms with E-state index in [2.05, 4.69) is 15.0 Å². The first-order chi connectivity index (χ1) is 5.68. The topological polar surface area (TPSA) is 89.6 Å². The molecular formula is C6H7N5O. The highest BCUT2D eigenvalue weighted by Gasteiger charge is 2.05. The summed E-state index contributed by atoms with van der Waals surface area (Å²) in [5.74, 6) is 0.0891. The Morgan fingerprint density at radius 2 is 2.42 bits per heavy atom. The quantitative estimate of drug-likeness (QED) is 0.542. The number of hydrogen-bond acceptors (Lipinski definition) is 4. The molecular weight excluding hydrogens is 162 g/mol. The van der Waals surface area contributed by atoms with Gasteiger partial charge in [-0.1, -0.05) is 0 Å². The van der Waals surface area contributed by atoms with E-state index in [1.165, 1.54) is 6.33 Å². The molecule has 0 aliphatic carbocycles. The molecule has 0 atom stereocenters. The summed E-state index contributed by atoms with van der Waals surface area (Å²) in [6.07, 6.45) is 1.52. The maximum Gasteiger partial charge on any atom is 0.278 e.